The average Bonchev–Trinajstić information content (AvgIpc) is 2.17. The molecule has 15 heavy (non-hydrogen) atoms. The number of hydrogen-bond donors (Lipinski definition) is 1. The van der Waals surface area contributed by atoms with Crippen LogP contribution in [0.2, 0.25) is 0 Å². The van der Waals surface area contributed by atoms with Gasteiger partial charge >= 0.3 is 0 Å². The van der Waals surface area contributed by atoms with Crippen LogP contribution in [-0.4, -0.2) is 11.0 Å². The highest BCUT2D eigenvalue weighted by molar-refractivity contribution is 5.36. The van der Waals surface area contributed by atoms with Crippen LogP contribution < -0.4 is 5.32 Å². The van der Waals surface area contributed by atoms with Gasteiger partial charge in [-0.2, -0.15) is 0 Å². The summed E-state index contributed by atoms with van der Waals surface area (Å²) in [5.74, 6) is 1.55. The van der Waals surface area contributed by atoms with Gasteiger partial charge in [0, 0.05) is 11.7 Å². The molecule has 0 amide bonds. The molecule has 1 aromatic heterocycles. The highest BCUT2D eigenvalue weighted by atomic mass is 15.0. The van der Waals surface area contributed by atoms with E-state index in [2.05, 4.69) is 50.1 Å². The Bertz CT molecular complexity index is 294. The van der Waals surface area contributed by atoms with Gasteiger partial charge in [-0.05, 0) is 38.3 Å². The second kappa shape index (κ2) is 5.74. The Labute approximate surface area is 93.1 Å². The van der Waals surface area contributed by atoms with E-state index < -0.39 is 0 Å². The topological polar surface area (TPSA) is 24.9 Å². The lowest BCUT2D eigenvalue weighted by Crippen LogP contribution is -2.11. The van der Waals surface area contributed by atoms with E-state index in [1.165, 1.54) is 18.5 Å². The van der Waals surface area contributed by atoms with Gasteiger partial charge < -0.3 is 5.32 Å². The van der Waals surface area contributed by atoms with Crippen molar-refractivity contribution in [2.24, 2.45) is 0 Å². The predicted molar refractivity (Wildman–Crippen MR) is 66.3 cm³/mol. The molecule has 0 spiro atoms. The van der Waals surface area contributed by atoms with Crippen LogP contribution in [0, 0.1) is 0 Å². The van der Waals surface area contributed by atoms with Crippen LogP contribution >= 0.6 is 0 Å². The first-order chi connectivity index (χ1) is 7.13. The third-order valence-corrected chi connectivity index (χ3v) is 2.43. The van der Waals surface area contributed by atoms with Gasteiger partial charge in [0.25, 0.3) is 0 Å². The molecule has 0 saturated carbocycles. The average molecular weight is 206 g/mol. The molecule has 0 aliphatic heterocycles. The van der Waals surface area contributed by atoms with Crippen molar-refractivity contribution in [2.75, 3.05) is 5.32 Å². The van der Waals surface area contributed by atoms with Crippen molar-refractivity contribution in [1.29, 1.82) is 0 Å². The van der Waals surface area contributed by atoms with Gasteiger partial charge in [0.15, 0.2) is 0 Å². The molecule has 1 atom stereocenters. The van der Waals surface area contributed by atoms with Crippen molar-refractivity contribution in [1.82, 2.24) is 4.98 Å². The third kappa shape index (κ3) is 3.90. The van der Waals surface area contributed by atoms with Crippen molar-refractivity contribution in [3.05, 3.63) is 23.9 Å². The van der Waals surface area contributed by atoms with Gasteiger partial charge in [-0.25, -0.2) is 4.98 Å². The predicted octanol–water partition coefficient (Wildman–Crippen LogP) is 3.81. The lowest BCUT2D eigenvalue weighted by Gasteiger charge is -2.13. The van der Waals surface area contributed by atoms with Crippen LogP contribution in [0.3, 0.4) is 0 Å². The lowest BCUT2D eigenvalue weighted by atomic mass is 10.0. The van der Waals surface area contributed by atoms with Crippen molar-refractivity contribution in [2.45, 2.75) is 52.5 Å². The monoisotopic (exact) mass is 206 g/mol. The molecule has 1 unspecified atom stereocenters. The van der Waals surface area contributed by atoms with E-state index in [0.717, 1.165) is 5.82 Å². The quantitative estimate of drug-likeness (QED) is 0.792. The highest BCUT2D eigenvalue weighted by Crippen LogP contribution is 2.19. The Morgan fingerprint density at radius 3 is 2.60 bits per heavy atom. The maximum Gasteiger partial charge on any atom is 0.126 e. The Kier molecular flexibility index (Phi) is 4.60. The molecule has 1 heterocycles. The number of hydrogen-bond acceptors (Lipinski definition) is 2. The van der Waals surface area contributed by atoms with Crippen LogP contribution in [0.1, 0.15) is 52.1 Å². The molecule has 2 heteroatoms. The van der Waals surface area contributed by atoms with E-state index in [-0.39, 0.29) is 0 Å². The van der Waals surface area contributed by atoms with Gasteiger partial charge in [-0.1, -0.05) is 26.3 Å². The molecule has 1 N–H and O–H groups in total. The molecule has 1 rings (SSSR count). The summed E-state index contributed by atoms with van der Waals surface area (Å²) in [6.07, 6.45) is 2.42. The highest BCUT2D eigenvalue weighted by Gasteiger charge is 2.06. The van der Waals surface area contributed by atoms with Crippen molar-refractivity contribution in [3.8, 4) is 0 Å². The van der Waals surface area contributed by atoms with E-state index in [9.17, 15) is 0 Å². The Morgan fingerprint density at radius 1 is 1.27 bits per heavy atom. The molecular weight excluding hydrogens is 184 g/mol. The second-order valence-corrected chi connectivity index (χ2v) is 4.44. The number of nitrogens with one attached hydrogen (secondary N) is 1. The fraction of sp³-hybridized carbons (Fsp3) is 0.615. The van der Waals surface area contributed by atoms with Crippen molar-refractivity contribution in [3.63, 3.8) is 0 Å². The normalized spacial score (nSPS) is 12.9. The zero-order chi connectivity index (χ0) is 11.3. The molecule has 0 saturated heterocycles. The number of nitrogens with zero attached hydrogens (tertiary/aromatic N) is 1. The summed E-state index contributed by atoms with van der Waals surface area (Å²) in [5, 5.41) is 3.33. The number of pyridine rings is 1. The number of aromatic nitrogens is 1. The number of anilines is 1. The summed E-state index contributed by atoms with van der Waals surface area (Å²) in [4.78, 5) is 4.62. The summed E-state index contributed by atoms with van der Waals surface area (Å²) < 4.78 is 0. The SMILES string of the molecule is CCCC(C)c1cccc(NC(C)C)n1. The minimum atomic E-state index is 0.439. The van der Waals surface area contributed by atoms with Crippen LogP contribution in [0.25, 0.3) is 0 Å². The zero-order valence-corrected chi connectivity index (χ0v) is 10.2. The first kappa shape index (κ1) is 12.0. The van der Waals surface area contributed by atoms with Crippen LogP contribution in [-0.2, 0) is 0 Å². The summed E-state index contributed by atoms with van der Waals surface area (Å²) in [6, 6.07) is 6.67. The molecule has 1 aromatic rings. The molecule has 0 aromatic carbocycles. The van der Waals surface area contributed by atoms with Gasteiger partial charge in [-0.3, -0.25) is 0 Å². The minimum absolute atomic E-state index is 0.439. The minimum Gasteiger partial charge on any atom is -0.368 e. The maximum absolute atomic E-state index is 4.62. The van der Waals surface area contributed by atoms with Gasteiger partial charge in [0.05, 0.1) is 0 Å². The lowest BCUT2D eigenvalue weighted by molar-refractivity contribution is 0.647. The van der Waals surface area contributed by atoms with Crippen molar-refractivity contribution < 1.29 is 0 Å². The summed E-state index contributed by atoms with van der Waals surface area (Å²) in [6.45, 7) is 8.71. The Morgan fingerprint density at radius 2 is 2.00 bits per heavy atom. The Hall–Kier alpha value is -1.05. The molecule has 0 fully saturated rings. The van der Waals surface area contributed by atoms with E-state index in [0.29, 0.717) is 12.0 Å². The molecule has 0 bridgehead atoms. The zero-order valence-electron chi connectivity index (χ0n) is 10.2. The first-order valence-electron chi connectivity index (χ1n) is 5.87. The molecule has 2 nitrogen and oxygen atoms in total. The second-order valence-electron chi connectivity index (χ2n) is 4.44. The Balaban J connectivity index is 2.73. The van der Waals surface area contributed by atoms with E-state index in [1.807, 2.05) is 6.07 Å². The van der Waals surface area contributed by atoms with Crippen LogP contribution in [0.15, 0.2) is 18.2 Å². The first-order valence-corrected chi connectivity index (χ1v) is 5.87. The van der Waals surface area contributed by atoms with Gasteiger partial charge in [-0.15, -0.1) is 0 Å². The summed E-state index contributed by atoms with van der Waals surface area (Å²) >= 11 is 0. The van der Waals surface area contributed by atoms with E-state index in [1.54, 1.807) is 0 Å². The smallest absolute Gasteiger partial charge is 0.126 e. The van der Waals surface area contributed by atoms with Crippen molar-refractivity contribution >= 4 is 5.82 Å². The molecule has 0 radical (unpaired) electrons. The third-order valence-electron chi connectivity index (χ3n) is 2.43. The fourth-order valence-electron chi connectivity index (χ4n) is 1.68. The van der Waals surface area contributed by atoms with E-state index in [4.69, 9.17) is 0 Å². The molecule has 84 valence electrons. The largest absolute Gasteiger partial charge is 0.368 e. The standard InChI is InChI=1S/C13H22N2/c1-5-7-11(4)12-8-6-9-13(15-12)14-10(2)3/h6,8-11H,5,7H2,1-4H3,(H,14,15). The molecule has 0 aliphatic rings. The van der Waals surface area contributed by atoms with E-state index >= 15 is 0 Å². The van der Waals surface area contributed by atoms with Gasteiger partial charge in [0.2, 0.25) is 0 Å². The number of rotatable bonds is 5. The summed E-state index contributed by atoms with van der Waals surface area (Å²) in [7, 11) is 0. The van der Waals surface area contributed by atoms with Crippen LogP contribution in [0.4, 0.5) is 5.82 Å². The summed E-state index contributed by atoms with van der Waals surface area (Å²) in [5.41, 5.74) is 1.20. The van der Waals surface area contributed by atoms with Gasteiger partial charge in [0.1, 0.15) is 5.82 Å². The maximum atomic E-state index is 4.62. The van der Waals surface area contributed by atoms with Crippen LogP contribution in [0.5, 0.6) is 0 Å². The molecule has 0 aliphatic carbocycles. The fourth-order valence-corrected chi connectivity index (χ4v) is 1.68. The molecular formula is C13H22N2.